The van der Waals surface area contributed by atoms with E-state index in [1.165, 1.54) is 0 Å². The van der Waals surface area contributed by atoms with E-state index in [4.69, 9.17) is 10.2 Å². The van der Waals surface area contributed by atoms with Crippen molar-refractivity contribution in [3.8, 4) is 0 Å². The fraction of sp³-hybridized carbons (Fsp3) is 0.545. The normalized spacial score (nSPS) is 16.6. The number of carbonyl (C=O) groups excluding carboxylic acids is 1. The second-order valence-corrected chi connectivity index (χ2v) is 4.14. The number of hydrogen-bond donors (Lipinski definition) is 1. The third-order valence-electron chi connectivity index (χ3n) is 2.85. The molecule has 4 heteroatoms. The minimum Gasteiger partial charge on any atom is -0.466 e. The van der Waals surface area contributed by atoms with Crippen molar-refractivity contribution in [1.29, 1.82) is 0 Å². The fourth-order valence-corrected chi connectivity index (χ4v) is 1.90. The van der Waals surface area contributed by atoms with Crippen molar-refractivity contribution in [2.45, 2.75) is 13.8 Å². The Morgan fingerprint density at radius 2 is 2.27 bits per heavy atom. The van der Waals surface area contributed by atoms with Gasteiger partial charge in [-0.2, -0.15) is 0 Å². The number of furan rings is 1. The molecule has 15 heavy (non-hydrogen) atoms. The Balaban J connectivity index is 2.06. The first kappa shape index (κ1) is 10.2. The molecule has 1 aliphatic heterocycles. The van der Waals surface area contributed by atoms with Crippen LogP contribution in [0.5, 0.6) is 0 Å². The van der Waals surface area contributed by atoms with Crippen LogP contribution < -0.4 is 5.73 Å². The molecule has 0 aromatic carbocycles. The quantitative estimate of drug-likeness (QED) is 0.786. The molecule has 2 N–H and O–H groups in total. The summed E-state index contributed by atoms with van der Waals surface area (Å²) in [4.78, 5) is 13.8. The molecule has 82 valence electrons. The van der Waals surface area contributed by atoms with Crippen LogP contribution in [0.25, 0.3) is 0 Å². The van der Waals surface area contributed by atoms with Crippen LogP contribution in [0.3, 0.4) is 0 Å². The summed E-state index contributed by atoms with van der Waals surface area (Å²) < 4.78 is 5.34. The average Bonchev–Trinajstić information content (AvgIpc) is 2.43. The molecule has 1 saturated heterocycles. The number of nitrogens with two attached hydrogens (primary N) is 1. The first-order chi connectivity index (χ1) is 7.11. The molecule has 0 radical (unpaired) electrons. The Kier molecular flexibility index (Phi) is 2.52. The molecule has 0 spiro atoms. The maximum absolute atomic E-state index is 11.9. The van der Waals surface area contributed by atoms with E-state index in [0.717, 1.165) is 18.8 Å². The third kappa shape index (κ3) is 1.77. The van der Waals surface area contributed by atoms with Crippen LogP contribution in [0.2, 0.25) is 0 Å². The minimum atomic E-state index is 0.0639. The molecule has 4 nitrogen and oxygen atoms in total. The lowest BCUT2D eigenvalue weighted by atomic mass is 9.99. The van der Waals surface area contributed by atoms with Crippen LogP contribution in [-0.4, -0.2) is 30.4 Å². The predicted molar refractivity (Wildman–Crippen MR) is 56.6 cm³/mol. The van der Waals surface area contributed by atoms with Crippen LogP contribution in [-0.2, 0) is 0 Å². The van der Waals surface area contributed by atoms with Gasteiger partial charge in [-0.1, -0.05) is 0 Å². The van der Waals surface area contributed by atoms with E-state index in [1.807, 2.05) is 18.7 Å². The zero-order valence-electron chi connectivity index (χ0n) is 9.12. The van der Waals surface area contributed by atoms with Crippen molar-refractivity contribution in [3.05, 3.63) is 23.2 Å². The Hall–Kier alpha value is -1.29. The van der Waals surface area contributed by atoms with E-state index >= 15 is 0 Å². The van der Waals surface area contributed by atoms with Crippen LogP contribution >= 0.6 is 0 Å². The summed E-state index contributed by atoms with van der Waals surface area (Å²) in [6, 6.07) is 1.80. The molecule has 0 atom stereocenters. The molecule has 1 aliphatic rings. The Morgan fingerprint density at radius 3 is 2.73 bits per heavy atom. The lowest BCUT2D eigenvalue weighted by molar-refractivity contribution is 0.0513. The summed E-state index contributed by atoms with van der Waals surface area (Å²) in [6.07, 6.45) is 0. The smallest absolute Gasteiger partial charge is 0.257 e. The highest BCUT2D eigenvalue weighted by atomic mass is 16.3. The number of carbonyl (C=O) groups is 1. The van der Waals surface area contributed by atoms with Crippen LogP contribution in [0.4, 0.5) is 0 Å². The predicted octanol–water partition coefficient (Wildman–Crippen LogP) is 0.927. The van der Waals surface area contributed by atoms with Gasteiger partial charge in [-0.15, -0.1) is 0 Å². The lowest BCUT2D eigenvalue weighted by Crippen LogP contribution is -2.52. The first-order valence-corrected chi connectivity index (χ1v) is 5.18. The largest absolute Gasteiger partial charge is 0.466 e. The van der Waals surface area contributed by atoms with Gasteiger partial charge in [0.25, 0.3) is 5.91 Å². The summed E-state index contributed by atoms with van der Waals surface area (Å²) in [7, 11) is 0. The van der Waals surface area contributed by atoms with Gasteiger partial charge in [0.1, 0.15) is 11.5 Å². The summed E-state index contributed by atoms with van der Waals surface area (Å²) in [5.41, 5.74) is 6.20. The molecule has 0 unspecified atom stereocenters. The molecule has 2 rings (SSSR count). The number of likely N-dealkylation sites (tertiary alicyclic amines) is 1. The Labute approximate surface area is 89.0 Å². The summed E-state index contributed by atoms with van der Waals surface area (Å²) >= 11 is 0. The highest BCUT2D eigenvalue weighted by molar-refractivity contribution is 5.95. The van der Waals surface area contributed by atoms with E-state index in [1.54, 1.807) is 6.07 Å². The molecule has 0 aliphatic carbocycles. The van der Waals surface area contributed by atoms with Gasteiger partial charge in [0.15, 0.2) is 0 Å². The summed E-state index contributed by atoms with van der Waals surface area (Å²) in [6.45, 7) is 5.88. The average molecular weight is 208 g/mol. The van der Waals surface area contributed by atoms with Gasteiger partial charge in [-0.25, -0.2) is 0 Å². The first-order valence-electron chi connectivity index (χ1n) is 5.18. The maximum Gasteiger partial charge on any atom is 0.257 e. The van der Waals surface area contributed by atoms with Gasteiger partial charge in [-0.05, 0) is 26.5 Å². The second kappa shape index (κ2) is 3.70. The Bertz CT molecular complexity index is 378. The monoisotopic (exact) mass is 208 g/mol. The lowest BCUT2D eigenvalue weighted by Gasteiger charge is -2.38. The highest BCUT2D eigenvalue weighted by Crippen LogP contribution is 2.21. The number of amides is 1. The van der Waals surface area contributed by atoms with Gasteiger partial charge < -0.3 is 15.1 Å². The van der Waals surface area contributed by atoms with Crippen molar-refractivity contribution in [3.63, 3.8) is 0 Å². The molecule has 0 bridgehead atoms. The number of hydrogen-bond acceptors (Lipinski definition) is 3. The number of aryl methyl sites for hydroxylation is 2. The van der Waals surface area contributed by atoms with Crippen LogP contribution in [0.15, 0.2) is 10.5 Å². The van der Waals surface area contributed by atoms with E-state index in [0.29, 0.717) is 23.8 Å². The molecule has 1 aromatic rings. The van der Waals surface area contributed by atoms with E-state index < -0.39 is 0 Å². The van der Waals surface area contributed by atoms with Crippen molar-refractivity contribution in [1.82, 2.24) is 4.90 Å². The van der Waals surface area contributed by atoms with Crippen LogP contribution in [0.1, 0.15) is 21.9 Å². The highest BCUT2D eigenvalue weighted by Gasteiger charge is 2.31. The zero-order valence-corrected chi connectivity index (χ0v) is 9.12. The molecule has 0 saturated carbocycles. The van der Waals surface area contributed by atoms with Gasteiger partial charge >= 0.3 is 0 Å². The number of nitrogens with zero attached hydrogens (tertiary/aromatic N) is 1. The maximum atomic E-state index is 11.9. The minimum absolute atomic E-state index is 0.0639. The van der Waals surface area contributed by atoms with Gasteiger partial charge in [-0.3, -0.25) is 4.79 Å². The summed E-state index contributed by atoms with van der Waals surface area (Å²) in [5.74, 6) is 2.02. The topological polar surface area (TPSA) is 59.5 Å². The van der Waals surface area contributed by atoms with E-state index in [9.17, 15) is 4.79 Å². The molecule has 1 amide bonds. The second-order valence-electron chi connectivity index (χ2n) is 4.14. The van der Waals surface area contributed by atoms with Gasteiger partial charge in [0.2, 0.25) is 0 Å². The zero-order chi connectivity index (χ0) is 11.0. The van der Waals surface area contributed by atoms with Gasteiger partial charge in [0.05, 0.1) is 5.56 Å². The molecular weight excluding hydrogens is 192 g/mol. The molecule has 2 heterocycles. The summed E-state index contributed by atoms with van der Waals surface area (Å²) in [5, 5.41) is 0. The van der Waals surface area contributed by atoms with E-state index in [2.05, 4.69) is 0 Å². The molecule has 1 aromatic heterocycles. The van der Waals surface area contributed by atoms with Crippen molar-refractivity contribution in [2.75, 3.05) is 19.6 Å². The number of rotatable bonds is 2. The van der Waals surface area contributed by atoms with Crippen molar-refractivity contribution in [2.24, 2.45) is 11.7 Å². The standard InChI is InChI=1S/C11H16N2O2/c1-7-3-10(8(2)15-7)11(14)13-5-9(4-12)6-13/h3,9H,4-6,12H2,1-2H3. The van der Waals surface area contributed by atoms with Gasteiger partial charge in [0, 0.05) is 19.0 Å². The molecular formula is C11H16N2O2. The molecule has 1 fully saturated rings. The van der Waals surface area contributed by atoms with Crippen molar-refractivity contribution < 1.29 is 9.21 Å². The third-order valence-corrected chi connectivity index (χ3v) is 2.85. The SMILES string of the molecule is Cc1cc(C(=O)N2CC(CN)C2)c(C)o1. The fourth-order valence-electron chi connectivity index (χ4n) is 1.90. The van der Waals surface area contributed by atoms with Crippen LogP contribution in [0, 0.1) is 19.8 Å². The van der Waals surface area contributed by atoms with E-state index in [-0.39, 0.29) is 5.91 Å². The van der Waals surface area contributed by atoms with Crippen molar-refractivity contribution >= 4 is 5.91 Å². The Morgan fingerprint density at radius 1 is 1.60 bits per heavy atom.